The van der Waals surface area contributed by atoms with Crippen LogP contribution in [0.5, 0.6) is 17.2 Å². The molecule has 41 heavy (non-hydrogen) atoms. The molecule has 0 aromatic heterocycles. The Bertz CT molecular complexity index is 1300. The smallest absolute Gasteiger partial charge is 0.247 e. The Morgan fingerprint density at radius 3 is 2.54 bits per heavy atom. The summed E-state index contributed by atoms with van der Waals surface area (Å²) in [5.41, 5.74) is 1.66. The van der Waals surface area contributed by atoms with Gasteiger partial charge in [0.1, 0.15) is 24.2 Å². The van der Waals surface area contributed by atoms with Crippen LogP contribution in [0.3, 0.4) is 0 Å². The molecule has 3 atom stereocenters. The van der Waals surface area contributed by atoms with Gasteiger partial charge in [-0.05, 0) is 71.7 Å². The number of hydrogen-bond donors (Lipinski definition) is 3. The van der Waals surface area contributed by atoms with Crippen molar-refractivity contribution in [2.45, 2.75) is 43.9 Å². The first-order chi connectivity index (χ1) is 19.8. The SMILES string of the molecule is COc1ccccc1CCN(C(=O)C1CC1)[C@@H]1CC(C(=O)NCCO)=C[C@H](Oc2c(I)cc(C=O)cc2OC)[C@H]1O. The Morgan fingerprint density at radius 1 is 1.15 bits per heavy atom. The van der Waals surface area contributed by atoms with Crippen LogP contribution in [0.15, 0.2) is 48.0 Å². The Balaban J connectivity index is 1.68. The maximum absolute atomic E-state index is 13.6. The van der Waals surface area contributed by atoms with Crippen molar-refractivity contribution in [2.24, 2.45) is 5.92 Å². The van der Waals surface area contributed by atoms with Crippen molar-refractivity contribution in [1.82, 2.24) is 10.2 Å². The average Bonchev–Trinajstić information content (AvgIpc) is 3.84. The molecule has 2 aromatic rings. The highest BCUT2D eigenvalue weighted by molar-refractivity contribution is 14.1. The zero-order valence-electron chi connectivity index (χ0n) is 23.0. The van der Waals surface area contributed by atoms with Gasteiger partial charge in [0.15, 0.2) is 11.5 Å². The summed E-state index contributed by atoms with van der Waals surface area (Å²) in [4.78, 5) is 39.7. The third-order valence-electron chi connectivity index (χ3n) is 7.28. The first-order valence-electron chi connectivity index (χ1n) is 13.5. The molecule has 2 aliphatic rings. The van der Waals surface area contributed by atoms with Crippen LogP contribution in [-0.2, 0) is 16.0 Å². The molecule has 10 nitrogen and oxygen atoms in total. The van der Waals surface area contributed by atoms with Crippen LogP contribution in [0.25, 0.3) is 0 Å². The molecule has 2 amide bonds. The number of rotatable bonds is 13. The number of aliphatic hydroxyl groups is 2. The maximum atomic E-state index is 13.6. The number of ether oxygens (including phenoxy) is 3. The number of benzene rings is 2. The molecular weight excluding hydrogens is 643 g/mol. The lowest BCUT2D eigenvalue weighted by atomic mass is 9.87. The average molecular weight is 679 g/mol. The number of para-hydroxylation sites is 1. The Labute approximate surface area is 252 Å². The van der Waals surface area contributed by atoms with Crippen LogP contribution < -0.4 is 19.5 Å². The van der Waals surface area contributed by atoms with Crippen LogP contribution >= 0.6 is 22.6 Å². The van der Waals surface area contributed by atoms with E-state index >= 15 is 0 Å². The van der Waals surface area contributed by atoms with Crippen LogP contribution in [0.1, 0.15) is 35.2 Å². The quantitative estimate of drug-likeness (QED) is 0.218. The predicted molar refractivity (Wildman–Crippen MR) is 159 cm³/mol. The van der Waals surface area contributed by atoms with Gasteiger partial charge in [0.25, 0.3) is 0 Å². The van der Waals surface area contributed by atoms with Gasteiger partial charge in [-0.3, -0.25) is 14.4 Å². The monoisotopic (exact) mass is 678 g/mol. The van der Waals surface area contributed by atoms with Crippen molar-refractivity contribution >= 4 is 40.7 Å². The van der Waals surface area contributed by atoms with Crippen molar-refractivity contribution in [2.75, 3.05) is 33.9 Å². The highest BCUT2D eigenvalue weighted by atomic mass is 127. The number of carbonyl (C=O) groups excluding carboxylic acids is 3. The van der Waals surface area contributed by atoms with E-state index in [1.165, 1.54) is 13.2 Å². The zero-order valence-corrected chi connectivity index (χ0v) is 25.2. The predicted octanol–water partition coefficient (Wildman–Crippen LogP) is 2.52. The first-order valence-corrected chi connectivity index (χ1v) is 14.6. The Kier molecular flexibility index (Phi) is 10.6. The van der Waals surface area contributed by atoms with Crippen molar-refractivity contribution < 1.29 is 38.8 Å². The summed E-state index contributed by atoms with van der Waals surface area (Å²) in [5, 5.41) is 23.6. The lowest BCUT2D eigenvalue weighted by molar-refractivity contribution is -0.139. The first kappa shape index (κ1) is 30.8. The van der Waals surface area contributed by atoms with Gasteiger partial charge in [-0.1, -0.05) is 18.2 Å². The highest BCUT2D eigenvalue weighted by Crippen LogP contribution is 2.38. The van der Waals surface area contributed by atoms with E-state index in [0.717, 1.165) is 18.4 Å². The molecule has 1 saturated carbocycles. The summed E-state index contributed by atoms with van der Waals surface area (Å²) < 4.78 is 17.8. The second kappa shape index (κ2) is 14.1. The molecule has 0 unspecified atom stereocenters. The van der Waals surface area contributed by atoms with Gasteiger partial charge in [-0.25, -0.2) is 0 Å². The van der Waals surface area contributed by atoms with Gasteiger partial charge in [-0.2, -0.15) is 0 Å². The maximum Gasteiger partial charge on any atom is 0.247 e. The fourth-order valence-electron chi connectivity index (χ4n) is 4.99. The van der Waals surface area contributed by atoms with Gasteiger partial charge in [-0.15, -0.1) is 0 Å². The molecule has 4 rings (SSSR count). The lowest BCUT2D eigenvalue weighted by Gasteiger charge is -2.41. The standard InChI is InChI=1S/C30H35IN2O8/c1-39-24-6-4-3-5-19(24)9-11-33(30(38)20-7-8-20)23-15-21(29(37)32-10-12-34)16-25(27(23)36)41-28-22(31)13-18(17-35)14-26(28)40-2/h3-6,13-14,16-17,20,23,25,27,34,36H,7-12,15H2,1-2H3,(H,32,37)/t23-,25+,27+/m1/s1. The molecule has 11 heteroatoms. The van der Waals surface area contributed by atoms with E-state index < -0.39 is 24.2 Å². The third-order valence-corrected chi connectivity index (χ3v) is 8.08. The topological polar surface area (TPSA) is 135 Å². The number of methoxy groups -OCH3 is 2. The molecule has 1 fully saturated rings. The van der Waals surface area contributed by atoms with Crippen molar-refractivity contribution in [3.63, 3.8) is 0 Å². The van der Waals surface area contributed by atoms with Crippen molar-refractivity contribution in [3.05, 3.63) is 62.7 Å². The molecular formula is C30H35IN2O8. The van der Waals surface area contributed by atoms with E-state index in [2.05, 4.69) is 5.32 Å². The Hall–Kier alpha value is -3.16. The number of nitrogens with one attached hydrogen (secondary N) is 1. The fourth-order valence-corrected chi connectivity index (χ4v) is 5.75. The summed E-state index contributed by atoms with van der Waals surface area (Å²) in [5.74, 6) is 0.724. The summed E-state index contributed by atoms with van der Waals surface area (Å²) >= 11 is 2.02. The second-order valence-corrected chi connectivity index (χ2v) is 11.2. The summed E-state index contributed by atoms with van der Waals surface area (Å²) in [6, 6.07) is 9.99. The fraction of sp³-hybridized carbons (Fsp3) is 0.433. The number of nitrogens with zero attached hydrogens (tertiary/aromatic N) is 1. The summed E-state index contributed by atoms with van der Waals surface area (Å²) in [7, 11) is 3.04. The molecule has 2 aliphatic carbocycles. The van der Waals surface area contributed by atoms with Gasteiger partial charge >= 0.3 is 0 Å². The van der Waals surface area contributed by atoms with Crippen LogP contribution in [0, 0.1) is 9.49 Å². The number of halogens is 1. The molecule has 2 aromatic carbocycles. The minimum Gasteiger partial charge on any atom is -0.496 e. The highest BCUT2D eigenvalue weighted by Gasteiger charge is 2.44. The molecule has 0 spiro atoms. The van der Waals surface area contributed by atoms with Gasteiger partial charge in [0, 0.05) is 36.6 Å². The van der Waals surface area contributed by atoms with Crippen LogP contribution in [-0.4, -0.2) is 85.4 Å². The zero-order chi connectivity index (χ0) is 29.5. The van der Waals surface area contributed by atoms with E-state index in [4.69, 9.17) is 14.2 Å². The lowest BCUT2D eigenvalue weighted by Crippen LogP contribution is -2.56. The third kappa shape index (κ3) is 7.38. The molecule has 0 radical (unpaired) electrons. The normalized spacial score (nSPS) is 20.0. The van der Waals surface area contributed by atoms with E-state index in [0.29, 0.717) is 51.2 Å². The number of aliphatic hydroxyl groups excluding tert-OH is 2. The number of hydrogen-bond acceptors (Lipinski definition) is 8. The van der Waals surface area contributed by atoms with E-state index in [1.54, 1.807) is 24.2 Å². The van der Waals surface area contributed by atoms with Gasteiger partial charge in [0.2, 0.25) is 11.8 Å². The van der Waals surface area contributed by atoms with Crippen molar-refractivity contribution in [1.29, 1.82) is 0 Å². The van der Waals surface area contributed by atoms with Crippen molar-refractivity contribution in [3.8, 4) is 17.2 Å². The molecule has 220 valence electrons. The van der Waals surface area contributed by atoms with Gasteiger partial charge < -0.3 is 34.6 Å². The van der Waals surface area contributed by atoms with E-state index in [1.807, 2.05) is 46.9 Å². The minimum atomic E-state index is -1.17. The summed E-state index contributed by atoms with van der Waals surface area (Å²) in [6.07, 6.45) is 2.25. The number of aldehydes is 1. The van der Waals surface area contributed by atoms with Crippen LogP contribution in [0.4, 0.5) is 0 Å². The Morgan fingerprint density at radius 2 is 1.88 bits per heavy atom. The number of carbonyl (C=O) groups is 3. The molecule has 0 aliphatic heterocycles. The van der Waals surface area contributed by atoms with Gasteiger partial charge in [0.05, 0.1) is 30.4 Å². The van der Waals surface area contributed by atoms with E-state index in [-0.39, 0.29) is 31.4 Å². The number of amides is 2. The minimum absolute atomic E-state index is 0.0618. The van der Waals surface area contributed by atoms with E-state index in [9.17, 15) is 24.6 Å². The van der Waals surface area contributed by atoms with Crippen LogP contribution in [0.2, 0.25) is 0 Å². The molecule has 0 heterocycles. The molecule has 3 N–H and O–H groups in total. The molecule has 0 bridgehead atoms. The second-order valence-electron chi connectivity index (χ2n) is 10.0. The largest absolute Gasteiger partial charge is 0.496 e. The summed E-state index contributed by atoms with van der Waals surface area (Å²) in [6.45, 7) is 0.144. The molecule has 0 saturated heterocycles.